The minimum atomic E-state index is 0.764. The Morgan fingerprint density at radius 3 is 2.58 bits per heavy atom. The summed E-state index contributed by atoms with van der Waals surface area (Å²) in [5, 5.41) is 0. The van der Waals surface area contributed by atoms with E-state index in [2.05, 4.69) is 18.9 Å². The average molecular weight is 190 g/mol. The highest BCUT2D eigenvalue weighted by atomic mass is 35.5. The van der Waals surface area contributed by atoms with Crippen LogP contribution < -0.4 is 0 Å². The van der Waals surface area contributed by atoms with E-state index < -0.39 is 0 Å². The van der Waals surface area contributed by atoms with Crippen molar-refractivity contribution in [3.8, 4) is 0 Å². The van der Waals surface area contributed by atoms with Crippen LogP contribution >= 0.6 is 11.6 Å². The van der Waals surface area contributed by atoms with Gasteiger partial charge in [0.1, 0.15) is 0 Å². The highest BCUT2D eigenvalue weighted by Gasteiger charge is 2.23. The van der Waals surface area contributed by atoms with E-state index in [1.165, 1.54) is 25.7 Å². The lowest BCUT2D eigenvalue weighted by Gasteiger charge is -2.35. The molecule has 0 aromatic rings. The molecule has 1 aliphatic rings. The Labute approximate surface area is 81.1 Å². The zero-order valence-corrected chi connectivity index (χ0v) is 8.98. The maximum absolute atomic E-state index is 5.72. The third-order valence-corrected chi connectivity index (χ3v) is 3.24. The van der Waals surface area contributed by atoms with E-state index in [1.807, 2.05) is 0 Å². The number of rotatable bonds is 3. The molecule has 0 aliphatic heterocycles. The minimum absolute atomic E-state index is 0.764. The molecule has 0 heterocycles. The highest BCUT2D eigenvalue weighted by molar-refractivity contribution is 6.18. The predicted octanol–water partition coefficient (Wildman–Crippen LogP) is 2.74. The van der Waals surface area contributed by atoms with Crippen molar-refractivity contribution in [1.82, 2.24) is 4.90 Å². The number of nitrogens with zero attached hydrogens (tertiary/aromatic N) is 1. The number of alkyl halides is 1. The Hall–Kier alpha value is 0.250. The first-order valence-corrected chi connectivity index (χ1v) is 5.55. The highest BCUT2D eigenvalue weighted by Crippen LogP contribution is 2.27. The van der Waals surface area contributed by atoms with E-state index in [9.17, 15) is 0 Å². The molecule has 0 saturated heterocycles. The van der Waals surface area contributed by atoms with Gasteiger partial charge in [-0.25, -0.2) is 0 Å². The molecule has 12 heavy (non-hydrogen) atoms. The standard InChI is InChI=1S/C10H20ClN/c1-9-5-3-4-6-10(9)12(2)8-7-11/h9-10H,3-8H2,1-2H3. The molecule has 1 saturated carbocycles. The van der Waals surface area contributed by atoms with Crippen molar-refractivity contribution in [3.63, 3.8) is 0 Å². The fraction of sp³-hybridized carbons (Fsp3) is 1.00. The van der Waals surface area contributed by atoms with Crippen molar-refractivity contribution in [2.75, 3.05) is 19.5 Å². The van der Waals surface area contributed by atoms with Crippen LogP contribution in [0, 0.1) is 5.92 Å². The molecule has 0 bridgehead atoms. The molecule has 0 N–H and O–H groups in total. The number of hydrogen-bond acceptors (Lipinski definition) is 1. The lowest BCUT2D eigenvalue weighted by Crippen LogP contribution is -2.39. The van der Waals surface area contributed by atoms with Crippen molar-refractivity contribution in [1.29, 1.82) is 0 Å². The van der Waals surface area contributed by atoms with Gasteiger partial charge in [0.25, 0.3) is 0 Å². The zero-order chi connectivity index (χ0) is 8.97. The fourth-order valence-corrected chi connectivity index (χ4v) is 2.52. The third kappa shape index (κ3) is 2.63. The van der Waals surface area contributed by atoms with Gasteiger partial charge in [0.05, 0.1) is 0 Å². The van der Waals surface area contributed by atoms with Crippen molar-refractivity contribution >= 4 is 11.6 Å². The van der Waals surface area contributed by atoms with Crippen LogP contribution in [0.5, 0.6) is 0 Å². The van der Waals surface area contributed by atoms with Crippen LogP contribution in [0.4, 0.5) is 0 Å². The topological polar surface area (TPSA) is 3.24 Å². The Morgan fingerprint density at radius 1 is 1.33 bits per heavy atom. The average Bonchev–Trinajstić information content (AvgIpc) is 2.05. The molecular formula is C10H20ClN. The van der Waals surface area contributed by atoms with Crippen molar-refractivity contribution in [3.05, 3.63) is 0 Å². The van der Waals surface area contributed by atoms with Gasteiger partial charge in [-0.2, -0.15) is 0 Å². The van der Waals surface area contributed by atoms with Crippen LogP contribution in [0.1, 0.15) is 32.6 Å². The Morgan fingerprint density at radius 2 is 2.00 bits per heavy atom. The number of hydrogen-bond donors (Lipinski definition) is 0. The van der Waals surface area contributed by atoms with E-state index in [4.69, 9.17) is 11.6 Å². The van der Waals surface area contributed by atoms with Crippen LogP contribution in [-0.2, 0) is 0 Å². The molecule has 0 aromatic heterocycles. The van der Waals surface area contributed by atoms with Crippen LogP contribution in [0.3, 0.4) is 0 Å². The molecule has 1 nitrogen and oxygen atoms in total. The maximum atomic E-state index is 5.72. The van der Waals surface area contributed by atoms with Gasteiger partial charge in [0.15, 0.2) is 0 Å². The lowest BCUT2D eigenvalue weighted by molar-refractivity contribution is 0.146. The minimum Gasteiger partial charge on any atom is -0.302 e. The first-order valence-electron chi connectivity index (χ1n) is 5.02. The quantitative estimate of drug-likeness (QED) is 0.618. The van der Waals surface area contributed by atoms with Crippen LogP contribution in [0.2, 0.25) is 0 Å². The Kier molecular flexibility index (Phi) is 4.38. The van der Waals surface area contributed by atoms with Gasteiger partial charge >= 0.3 is 0 Å². The fourth-order valence-electron chi connectivity index (χ4n) is 2.25. The summed E-state index contributed by atoms with van der Waals surface area (Å²) < 4.78 is 0. The number of halogens is 1. The van der Waals surface area contributed by atoms with Gasteiger partial charge in [0.2, 0.25) is 0 Å². The Balaban J connectivity index is 2.36. The lowest BCUT2D eigenvalue weighted by atomic mass is 9.85. The van der Waals surface area contributed by atoms with Crippen molar-refractivity contribution in [2.24, 2.45) is 5.92 Å². The van der Waals surface area contributed by atoms with Gasteiger partial charge < -0.3 is 4.90 Å². The molecule has 2 atom stereocenters. The van der Waals surface area contributed by atoms with Gasteiger partial charge in [-0.15, -0.1) is 11.6 Å². The third-order valence-electron chi connectivity index (χ3n) is 3.07. The van der Waals surface area contributed by atoms with Gasteiger partial charge in [0, 0.05) is 18.5 Å². The van der Waals surface area contributed by atoms with E-state index in [0.717, 1.165) is 24.4 Å². The molecular weight excluding hydrogens is 170 g/mol. The van der Waals surface area contributed by atoms with Crippen LogP contribution in [0.25, 0.3) is 0 Å². The molecule has 1 aliphatic carbocycles. The summed E-state index contributed by atoms with van der Waals surface area (Å²) >= 11 is 5.72. The molecule has 2 heteroatoms. The smallest absolute Gasteiger partial charge is 0.0351 e. The maximum Gasteiger partial charge on any atom is 0.0351 e. The normalized spacial score (nSPS) is 31.0. The summed E-state index contributed by atoms with van der Waals surface area (Å²) in [6, 6.07) is 0.789. The second kappa shape index (κ2) is 5.08. The molecule has 72 valence electrons. The molecule has 0 spiro atoms. The van der Waals surface area contributed by atoms with Gasteiger partial charge in [-0.05, 0) is 25.8 Å². The van der Waals surface area contributed by atoms with E-state index in [1.54, 1.807) is 0 Å². The first kappa shape index (κ1) is 10.3. The molecule has 1 rings (SSSR count). The van der Waals surface area contributed by atoms with Crippen molar-refractivity contribution in [2.45, 2.75) is 38.6 Å². The summed E-state index contributed by atoms with van der Waals surface area (Å²) in [6.07, 6.45) is 5.60. The molecule has 0 aromatic carbocycles. The Bertz CT molecular complexity index is 127. The summed E-state index contributed by atoms with van der Waals surface area (Å²) in [5.41, 5.74) is 0. The van der Waals surface area contributed by atoms with Crippen LogP contribution in [-0.4, -0.2) is 30.4 Å². The molecule has 0 amide bonds. The summed E-state index contributed by atoms with van der Waals surface area (Å²) in [4.78, 5) is 2.43. The SMILES string of the molecule is CC1CCCCC1N(C)CCCl. The van der Waals surface area contributed by atoms with E-state index in [0.29, 0.717) is 0 Å². The second-order valence-electron chi connectivity index (χ2n) is 4.00. The molecule has 2 unspecified atom stereocenters. The van der Waals surface area contributed by atoms with Gasteiger partial charge in [-0.3, -0.25) is 0 Å². The predicted molar refractivity (Wildman–Crippen MR) is 54.8 cm³/mol. The summed E-state index contributed by atoms with van der Waals surface area (Å²) in [6.45, 7) is 3.41. The van der Waals surface area contributed by atoms with E-state index in [-0.39, 0.29) is 0 Å². The molecule has 0 radical (unpaired) electrons. The second-order valence-corrected chi connectivity index (χ2v) is 4.38. The summed E-state index contributed by atoms with van der Waals surface area (Å²) in [5.74, 6) is 1.63. The summed E-state index contributed by atoms with van der Waals surface area (Å²) in [7, 11) is 2.20. The first-order chi connectivity index (χ1) is 5.75. The molecule has 1 fully saturated rings. The monoisotopic (exact) mass is 189 g/mol. The van der Waals surface area contributed by atoms with E-state index >= 15 is 0 Å². The van der Waals surface area contributed by atoms with Crippen molar-refractivity contribution < 1.29 is 0 Å². The zero-order valence-electron chi connectivity index (χ0n) is 8.22. The van der Waals surface area contributed by atoms with Gasteiger partial charge in [-0.1, -0.05) is 19.8 Å². The van der Waals surface area contributed by atoms with Crippen LogP contribution in [0.15, 0.2) is 0 Å². The largest absolute Gasteiger partial charge is 0.302 e.